The molecule has 86 valence electrons. The Labute approximate surface area is 92.1 Å². The van der Waals surface area contributed by atoms with Gasteiger partial charge in [0.25, 0.3) is 0 Å². The molecular formula is C11H22N4. The molecule has 0 fully saturated rings. The molecular weight excluding hydrogens is 188 g/mol. The zero-order chi connectivity index (χ0) is 11.1. The second-order valence-corrected chi connectivity index (χ2v) is 3.80. The van der Waals surface area contributed by atoms with Gasteiger partial charge in [0.05, 0.1) is 0 Å². The highest BCUT2D eigenvalue weighted by atomic mass is 15.3. The Morgan fingerprint density at radius 2 is 2.20 bits per heavy atom. The average molecular weight is 210 g/mol. The van der Waals surface area contributed by atoms with E-state index in [1.54, 1.807) is 6.33 Å². The fourth-order valence-corrected chi connectivity index (χ4v) is 1.83. The Morgan fingerprint density at radius 3 is 2.80 bits per heavy atom. The summed E-state index contributed by atoms with van der Waals surface area (Å²) in [6.07, 6.45) is 6.26. The Kier molecular flexibility index (Phi) is 5.32. The normalized spacial score (nSPS) is 13.0. The molecule has 1 heterocycles. The van der Waals surface area contributed by atoms with Crippen LogP contribution in [0.5, 0.6) is 0 Å². The predicted molar refractivity (Wildman–Crippen MR) is 61.8 cm³/mol. The van der Waals surface area contributed by atoms with Crippen LogP contribution >= 0.6 is 0 Å². The molecule has 0 spiro atoms. The van der Waals surface area contributed by atoms with Gasteiger partial charge in [0, 0.05) is 19.0 Å². The third-order valence-corrected chi connectivity index (χ3v) is 2.76. The Bertz CT molecular complexity index is 269. The van der Waals surface area contributed by atoms with Crippen LogP contribution in [0.4, 0.5) is 0 Å². The van der Waals surface area contributed by atoms with Crippen LogP contribution in [0.1, 0.15) is 38.9 Å². The quantitative estimate of drug-likeness (QED) is 0.743. The Morgan fingerprint density at radius 1 is 1.40 bits per heavy atom. The van der Waals surface area contributed by atoms with Crippen LogP contribution < -0.4 is 5.32 Å². The van der Waals surface area contributed by atoms with Crippen LogP contribution in [0.25, 0.3) is 0 Å². The van der Waals surface area contributed by atoms with Crippen LogP contribution in [0.15, 0.2) is 6.33 Å². The van der Waals surface area contributed by atoms with Crippen molar-refractivity contribution >= 4 is 0 Å². The summed E-state index contributed by atoms with van der Waals surface area (Å²) >= 11 is 0. The minimum Gasteiger partial charge on any atom is -0.317 e. The number of hydrogen-bond donors (Lipinski definition) is 1. The largest absolute Gasteiger partial charge is 0.317 e. The maximum Gasteiger partial charge on any atom is 0.138 e. The topological polar surface area (TPSA) is 42.7 Å². The van der Waals surface area contributed by atoms with E-state index in [1.807, 2.05) is 11.7 Å². The zero-order valence-electron chi connectivity index (χ0n) is 10.0. The fraction of sp³-hybridized carbons (Fsp3) is 0.818. The molecule has 0 bridgehead atoms. The standard InChI is InChI=1S/C11H22N4/c1-4-6-10(12-3)7-8-11-13-9-14-15(11)5-2/h9-10,12H,4-8H2,1-3H3. The first-order valence-corrected chi connectivity index (χ1v) is 5.85. The summed E-state index contributed by atoms with van der Waals surface area (Å²) in [6.45, 7) is 5.23. The van der Waals surface area contributed by atoms with Crippen molar-refractivity contribution in [3.8, 4) is 0 Å². The number of rotatable bonds is 7. The van der Waals surface area contributed by atoms with Gasteiger partial charge in [-0.1, -0.05) is 13.3 Å². The second-order valence-electron chi connectivity index (χ2n) is 3.80. The summed E-state index contributed by atoms with van der Waals surface area (Å²) in [5, 5.41) is 7.52. The van der Waals surface area contributed by atoms with Gasteiger partial charge in [0.1, 0.15) is 12.2 Å². The molecule has 1 N–H and O–H groups in total. The summed E-state index contributed by atoms with van der Waals surface area (Å²) in [6, 6.07) is 0.608. The van der Waals surface area contributed by atoms with E-state index in [0.717, 1.165) is 25.2 Å². The van der Waals surface area contributed by atoms with Gasteiger partial charge in [0.15, 0.2) is 0 Å². The van der Waals surface area contributed by atoms with E-state index in [2.05, 4.69) is 29.2 Å². The summed E-state index contributed by atoms with van der Waals surface area (Å²) in [4.78, 5) is 4.28. The highest BCUT2D eigenvalue weighted by Crippen LogP contribution is 2.06. The summed E-state index contributed by atoms with van der Waals surface area (Å²) in [5.74, 6) is 1.11. The van der Waals surface area contributed by atoms with Crippen LogP contribution in [0.2, 0.25) is 0 Å². The number of aromatic nitrogens is 3. The van der Waals surface area contributed by atoms with Crippen LogP contribution in [-0.4, -0.2) is 27.9 Å². The van der Waals surface area contributed by atoms with Crippen molar-refractivity contribution in [2.75, 3.05) is 7.05 Å². The first-order valence-electron chi connectivity index (χ1n) is 5.85. The van der Waals surface area contributed by atoms with Crippen molar-refractivity contribution in [2.45, 2.75) is 52.1 Å². The van der Waals surface area contributed by atoms with Crippen molar-refractivity contribution in [3.05, 3.63) is 12.2 Å². The molecule has 0 aromatic carbocycles. The summed E-state index contributed by atoms with van der Waals surface area (Å²) < 4.78 is 1.97. The summed E-state index contributed by atoms with van der Waals surface area (Å²) in [7, 11) is 2.03. The third kappa shape index (κ3) is 3.63. The van der Waals surface area contributed by atoms with E-state index in [0.29, 0.717) is 6.04 Å². The van der Waals surface area contributed by atoms with Crippen molar-refractivity contribution in [1.82, 2.24) is 20.1 Å². The molecule has 1 rings (SSSR count). The van der Waals surface area contributed by atoms with Gasteiger partial charge in [-0.05, 0) is 26.8 Å². The van der Waals surface area contributed by atoms with E-state index < -0.39 is 0 Å². The van der Waals surface area contributed by atoms with Crippen molar-refractivity contribution < 1.29 is 0 Å². The first-order chi connectivity index (χ1) is 7.31. The Hall–Kier alpha value is -0.900. The minimum absolute atomic E-state index is 0.608. The lowest BCUT2D eigenvalue weighted by atomic mass is 10.1. The molecule has 0 aliphatic rings. The molecule has 15 heavy (non-hydrogen) atoms. The van der Waals surface area contributed by atoms with E-state index >= 15 is 0 Å². The number of nitrogens with zero attached hydrogens (tertiary/aromatic N) is 3. The molecule has 4 heteroatoms. The monoisotopic (exact) mass is 210 g/mol. The molecule has 0 radical (unpaired) electrons. The molecule has 1 unspecified atom stereocenters. The molecule has 0 aliphatic carbocycles. The van der Waals surface area contributed by atoms with E-state index in [1.165, 1.54) is 12.8 Å². The highest BCUT2D eigenvalue weighted by Gasteiger charge is 2.08. The van der Waals surface area contributed by atoms with Crippen molar-refractivity contribution in [1.29, 1.82) is 0 Å². The van der Waals surface area contributed by atoms with Gasteiger partial charge >= 0.3 is 0 Å². The summed E-state index contributed by atoms with van der Waals surface area (Å²) in [5.41, 5.74) is 0. The van der Waals surface area contributed by atoms with Gasteiger partial charge in [0.2, 0.25) is 0 Å². The molecule has 0 saturated heterocycles. The third-order valence-electron chi connectivity index (χ3n) is 2.76. The molecule has 0 saturated carbocycles. The van der Waals surface area contributed by atoms with Gasteiger partial charge in [-0.3, -0.25) is 4.68 Å². The maximum atomic E-state index is 4.28. The van der Waals surface area contributed by atoms with Gasteiger partial charge in [-0.2, -0.15) is 5.10 Å². The van der Waals surface area contributed by atoms with E-state index in [9.17, 15) is 0 Å². The molecule has 1 atom stereocenters. The predicted octanol–water partition coefficient (Wildman–Crippen LogP) is 1.62. The lowest BCUT2D eigenvalue weighted by molar-refractivity contribution is 0.470. The van der Waals surface area contributed by atoms with Crippen molar-refractivity contribution in [2.24, 2.45) is 0 Å². The van der Waals surface area contributed by atoms with Crippen LogP contribution in [0, 0.1) is 0 Å². The number of nitrogens with one attached hydrogen (secondary N) is 1. The molecule has 0 amide bonds. The number of aryl methyl sites for hydroxylation is 2. The maximum absolute atomic E-state index is 4.28. The average Bonchev–Trinajstić information content (AvgIpc) is 2.71. The highest BCUT2D eigenvalue weighted by molar-refractivity contribution is 4.86. The van der Waals surface area contributed by atoms with Gasteiger partial charge in [-0.15, -0.1) is 0 Å². The SMILES string of the molecule is CCCC(CCc1ncnn1CC)NC. The molecule has 1 aromatic rings. The molecule has 4 nitrogen and oxygen atoms in total. The number of hydrogen-bond acceptors (Lipinski definition) is 3. The van der Waals surface area contributed by atoms with E-state index in [-0.39, 0.29) is 0 Å². The zero-order valence-corrected chi connectivity index (χ0v) is 10.0. The first kappa shape index (κ1) is 12.2. The van der Waals surface area contributed by atoms with Gasteiger partial charge in [-0.25, -0.2) is 4.98 Å². The minimum atomic E-state index is 0.608. The fourth-order valence-electron chi connectivity index (χ4n) is 1.83. The van der Waals surface area contributed by atoms with E-state index in [4.69, 9.17) is 0 Å². The van der Waals surface area contributed by atoms with Crippen LogP contribution in [-0.2, 0) is 13.0 Å². The molecule has 1 aromatic heterocycles. The van der Waals surface area contributed by atoms with Crippen molar-refractivity contribution in [3.63, 3.8) is 0 Å². The smallest absolute Gasteiger partial charge is 0.138 e. The molecule has 0 aliphatic heterocycles. The van der Waals surface area contributed by atoms with Gasteiger partial charge < -0.3 is 5.32 Å². The van der Waals surface area contributed by atoms with Crippen LogP contribution in [0.3, 0.4) is 0 Å². The lowest BCUT2D eigenvalue weighted by Crippen LogP contribution is -2.25. The second kappa shape index (κ2) is 6.56. The Balaban J connectivity index is 2.41. The lowest BCUT2D eigenvalue weighted by Gasteiger charge is -2.14.